The predicted molar refractivity (Wildman–Crippen MR) is 68.4 cm³/mol. The quantitative estimate of drug-likeness (QED) is 0.773. The van der Waals surface area contributed by atoms with Crippen LogP contribution in [0.25, 0.3) is 0 Å². The van der Waals surface area contributed by atoms with Crippen molar-refractivity contribution in [1.82, 2.24) is 5.32 Å². The molecule has 2 heteroatoms. The van der Waals surface area contributed by atoms with Gasteiger partial charge in [0.15, 0.2) is 0 Å². The van der Waals surface area contributed by atoms with Gasteiger partial charge in [0.2, 0.25) is 0 Å². The van der Waals surface area contributed by atoms with Gasteiger partial charge < -0.3 is 10.4 Å². The second-order valence-electron chi connectivity index (χ2n) is 4.61. The summed E-state index contributed by atoms with van der Waals surface area (Å²) in [5.41, 5.74) is 2.64. The number of aliphatic hydroxyl groups excluding tert-OH is 1. The molecule has 0 saturated heterocycles. The maximum absolute atomic E-state index is 9.62. The lowest BCUT2D eigenvalue weighted by Crippen LogP contribution is -2.30. The molecule has 0 saturated carbocycles. The lowest BCUT2D eigenvalue weighted by atomic mass is 10.1. The molecule has 1 unspecified atom stereocenters. The van der Waals surface area contributed by atoms with Gasteiger partial charge in [0, 0.05) is 13.1 Å². The summed E-state index contributed by atoms with van der Waals surface area (Å²) < 4.78 is 0. The fourth-order valence-electron chi connectivity index (χ4n) is 1.49. The molecule has 90 valence electrons. The zero-order valence-corrected chi connectivity index (χ0v) is 10.5. The molecule has 0 heterocycles. The van der Waals surface area contributed by atoms with Crippen molar-refractivity contribution in [3.05, 3.63) is 35.4 Å². The molecule has 1 rings (SSSR count). The third-order valence-corrected chi connectivity index (χ3v) is 2.88. The van der Waals surface area contributed by atoms with Crippen molar-refractivity contribution in [2.24, 2.45) is 5.92 Å². The number of hydrogen-bond donors (Lipinski definition) is 2. The van der Waals surface area contributed by atoms with Crippen molar-refractivity contribution in [2.75, 3.05) is 6.54 Å². The van der Waals surface area contributed by atoms with Crippen LogP contribution in [0.5, 0.6) is 0 Å². The van der Waals surface area contributed by atoms with Crippen LogP contribution in [-0.2, 0) is 13.0 Å². The van der Waals surface area contributed by atoms with Crippen LogP contribution in [0.2, 0.25) is 0 Å². The van der Waals surface area contributed by atoms with Crippen molar-refractivity contribution < 1.29 is 5.11 Å². The first-order chi connectivity index (χ1) is 7.63. The first kappa shape index (κ1) is 13.2. The molecule has 0 fully saturated rings. The van der Waals surface area contributed by atoms with Crippen molar-refractivity contribution in [1.29, 1.82) is 0 Å². The molecule has 1 aromatic carbocycles. The molecule has 2 nitrogen and oxygen atoms in total. The average Bonchev–Trinajstić information content (AvgIpc) is 2.29. The van der Waals surface area contributed by atoms with E-state index in [9.17, 15) is 5.11 Å². The Balaban J connectivity index is 2.31. The molecule has 0 aromatic heterocycles. The van der Waals surface area contributed by atoms with Gasteiger partial charge in [-0.15, -0.1) is 0 Å². The van der Waals surface area contributed by atoms with Gasteiger partial charge >= 0.3 is 0 Å². The molecule has 0 bridgehead atoms. The zero-order valence-electron chi connectivity index (χ0n) is 10.5. The Labute approximate surface area is 98.7 Å². The standard InChI is InChI=1S/C14H23NO/c1-4-12-5-7-13(8-6-12)9-15-10-14(16)11(2)3/h5-8,11,14-16H,4,9-10H2,1-3H3. The summed E-state index contributed by atoms with van der Waals surface area (Å²) in [5.74, 6) is 0.315. The fourth-order valence-corrected chi connectivity index (χ4v) is 1.49. The van der Waals surface area contributed by atoms with Gasteiger partial charge in [0.25, 0.3) is 0 Å². The molecule has 1 atom stereocenters. The number of aryl methyl sites for hydroxylation is 1. The molecule has 0 spiro atoms. The van der Waals surface area contributed by atoms with Gasteiger partial charge in [-0.25, -0.2) is 0 Å². The molecule has 0 aliphatic carbocycles. The number of nitrogens with one attached hydrogen (secondary N) is 1. The molecule has 16 heavy (non-hydrogen) atoms. The van der Waals surface area contributed by atoms with Gasteiger partial charge in [0.1, 0.15) is 0 Å². The zero-order chi connectivity index (χ0) is 12.0. The lowest BCUT2D eigenvalue weighted by Gasteiger charge is -2.15. The Hall–Kier alpha value is -0.860. The molecule has 0 aliphatic heterocycles. The van der Waals surface area contributed by atoms with E-state index in [2.05, 4.69) is 36.5 Å². The second kappa shape index (κ2) is 6.66. The highest BCUT2D eigenvalue weighted by Crippen LogP contribution is 2.05. The monoisotopic (exact) mass is 221 g/mol. The van der Waals surface area contributed by atoms with E-state index in [4.69, 9.17) is 0 Å². The van der Waals surface area contributed by atoms with E-state index >= 15 is 0 Å². The van der Waals surface area contributed by atoms with E-state index in [0.29, 0.717) is 12.5 Å². The second-order valence-corrected chi connectivity index (χ2v) is 4.61. The van der Waals surface area contributed by atoms with Crippen LogP contribution in [0.15, 0.2) is 24.3 Å². The molecule has 2 N–H and O–H groups in total. The van der Waals surface area contributed by atoms with Crippen LogP contribution < -0.4 is 5.32 Å². The highest BCUT2D eigenvalue weighted by molar-refractivity contribution is 5.22. The fraction of sp³-hybridized carbons (Fsp3) is 0.571. The average molecular weight is 221 g/mol. The maximum Gasteiger partial charge on any atom is 0.0687 e. The molecule has 1 aromatic rings. The number of rotatable bonds is 6. The van der Waals surface area contributed by atoms with Crippen molar-refractivity contribution in [3.63, 3.8) is 0 Å². The molecule has 0 radical (unpaired) electrons. The van der Waals surface area contributed by atoms with Crippen LogP contribution in [-0.4, -0.2) is 17.8 Å². The van der Waals surface area contributed by atoms with Crippen LogP contribution in [0, 0.1) is 5.92 Å². The third-order valence-electron chi connectivity index (χ3n) is 2.88. The Bertz CT molecular complexity index is 292. The van der Waals surface area contributed by atoms with Gasteiger partial charge in [-0.1, -0.05) is 45.0 Å². The van der Waals surface area contributed by atoms with E-state index in [0.717, 1.165) is 13.0 Å². The van der Waals surface area contributed by atoms with Gasteiger partial charge in [-0.2, -0.15) is 0 Å². The summed E-state index contributed by atoms with van der Waals surface area (Å²) in [6, 6.07) is 8.62. The Morgan fingerprint density at radius 2 is 1.69 bits per heavy atom. The van der Waals surface area contributed by atoms with Crippen LogP contribution in [0.4, 0.5) is 0 Å². The number of benzene rings is 1. The van der Waals surface area contributed by atoms with E-state index in [1.165, 1.54) is 11.1 Å². The Morgan fingerprint density at radius 1 is 1.12 bits per heavy atom. The predicted octanol–water partition coefficient (Wildman–Crippen LogP) is 2.36. The molecule has 0 amide bonds. The normalized spacial score (nSPS) is 13.1. The largest absolute Gasteiger partial charge is 0.392 e. The highest BCUT2D eigenvalue weighted by atomic mass is 16.3. The minimum Gasteiger partial charge on any atom is -0.392 e. The van der Waals surface area contributed by atoms with E-state index in [-0.39, 0.29) is 6.10 Å². The Kier molecular flexibility index (Phi) is 5.50. The van der Waals surface area contributed by atoms with Crippen molar-refractivity contribution >= 4 is 0 Å². The first-order valence-corrected chi connectivity index (χ1v) is 6.10. The SMILES string of the molecule is CCc1ccc(CNCC(O)C(C)C)cc1. The minimum absolute atomic E-state index is 0.255. The summed E-state index contributed by atoms with van der Waals surface area (Å²) in [4.78, 5) is 0. The van der Waals surface area contributed by atoms with E-state index in [1.54, 1.807) is 0 Å². The molecular formula is C14H23NO. The number of hydrogen-bond acceptors (Lipinski definition) is 2. The maximum atomic E-state index is 9.62. The molecular weight excluding hydrogens is 198 g/mol. The van der Waals surface area contributed by atoms with Crippen LogP contribution in [0.1, 0.15) is 31.9 Å². The summed E-state index contributed by atoms with van der Waals surface area (Å²) in [6.45, 7) is 7.71. The van der Waals surface area contributed by atoms with Crippen molar-refractivity contribution in [2.45, 2.75) is 39.8 Å². The summed E-state index contributed by atoms with van der Waals surface area (Å²) in [5, 5.41) is 12.9. The lowest BCUT2D eigenvalue weighted by molar-refractivity contribution is 0.123. The van der Waals surface area contributed by atoms with Gasteiger partial charge in [-0.3, -0.25) is 0 Å². The van der Waals surface area contributed by atoms with Gasteiger partial charge in [-0.05, 0) is 23.5 Å². The third kappa shape index (κ3) is 4.33. The van der Waals surface area contributed by atoms with E-state index < -0.39 is 0 Å². The van der Waals surface area contributed by atoms with Crippen molar-refractivity contribution in [3.8, 4) is 0 Å². The molecule has 0 aliphatic rings. The Morgan fingerprint density at radius 3 is 2.19 bits per heavy atom. The van der Waals surface area contributed by atoms with E-state index in [1.807, 2.05) is 13.8 Å². The summed E-state index contributed by atoms with van der Waals surface area (Å²) >= 11 is 0. The minimum atomic E-state index is -0.255. The van der Waals surface area contributed by atoms with Crippen LogP contribution in [0.3, 0.4) is 0 Å². The van der Waals surface area contributed by atoms with Crippen LogP contribution >= 0.6 is 0 Å². The van der Waals surface area contributed by atoms with Gasteiger partial charge in [0.05, 0.1) is 6.10 Å². The first-order valence-electron chi connectivity index (χ1n) is 6.10. The highest BCUT2D eigenvalue weighted by Gasteiger charge is 2.07. The smallest absolute Gasteiger partial charge is 0.0687 e. The summed E-state index contributed by atoms with van der Waals surface area (Å²) in [6.07, 6.45) is 0.828. The summed E-state index contributed by atoms with van der Waals surface area (Å²) in [7, 11) is 0. The number of aliphatic hydroxyl groups is 1. The topological polar surface area (TPSA) is 32.3 Å².